The molecule has 1 N–H and O–H groups in total. The molecule has 0 spiro atoms. The molecule has 0 aliphatic carbocycles. The average molecular weight is 541 g/mol. The van der Waals surface area contributed by atoms with E-state index in [-0.39, 0.29) is 11.9 Å². The molecule has 0 bridgehead atoms. The number of likely N-dealkylation sites (N-methyl/N-ethyl adjacent to an activating group) is 1. The van der Waals surface area contributed by atoms with Crippen LogP contribution in [0.25, 0.3) is 0 Å². The summed E-state index contributed by atoms with van der Waals surface area (Å²) < 4.78 is 6.22. The van der Waals surface area contributed by atoms with Crippen LogP contribution in [0, 0.1) is 11.3 Å². The largest absolute Gasteiger partial charge is 0.475 e. The van der Waals surface area contributed by atoms with E-state index in [1.165, 1.54) is 6.08 Å². The van der Waals surface area contributed by atoms with E-state index in [0.29, 0.717) is 66.7 Å². The van der Waals surface area contributed by atoms with Crippen LogP contribution in [-0.4, -0.2) is 72.6 Å². The molecule has 194 valence electrons. The normalized spacial score (nSPS) is 19.7. The lowest BCUT2D eigenvalue weighted by Gasteiger charge is -2.40. The molecule has 0 radical (unpaired) electrons. The van der Waals surface area contributed by atoms with Crippen LogP contribution in [0.5, 0.6) is 5.88 Å². The number of halogens is 2. The van der Waals surface area contributed by atoms with E-state index in [9.17, 15) is 10.1 Å². The third-order valence-corrected chi connectivity index (χ3v) is 8.32. The lowest BCUT2D eigenvalue weighted by Crippen LogP contribution is -2.56. The van der Waals surface area contributed by atoms with Crippen molar-refractivity contribution >= 4 is 40.5 Å². The molecule has 1 aromatic heterocycles. The predicted octanol–water partition coefficient (Wildman–Crippen LogP) is 4.10. The highest BCUT2D eigenvalue weighted by Gasteiger charge is 2.33. The summed E-state index contributed by atoms with van der Waals surface area (Å²) in [5.41, 5.74) is 3.88. The minimum Gasteiger partial charge on any atom is -0.475 e. The predicted molar refractivity (Wildman–Crippen MR) is 146 cm³/mol. The average Bonchev–Trinajstić information content (AvgIpc) is 3.29. The maximum absolute atomic E-state index is 11.9. The van der Waals surface area contributed by atoms with Crippen molar-refractivity contribution in [1.82, 2.24) is 14.8 Å². The Kier molecular flexibility index (Phi) is 7.47. The van der Waals surface area contributed by atoms with Crippen LogP contribution in [0.3, 0.4) is 0 Å². The summed E-state index contributed by atoms with van der Waals surface area (Å²) in [4.78, 5) is 23.0. The number of anilines is 2. The van der Waals surface area contributed by atoms with E-state index < -0.39 is 0 Å². The smallest absolute Gasteiger partial charge is 0.246 e. The number of benzene rings is 1. The molecule has 1 unspecified atom stereocenters. The number of nitrogens with zero attached hydrogens (tertiary/aromatic N) is 5. The van der Waals surface area contributed by atoms with Crippen LogP contribution >= 0.6 is 23.2 Å². The van der Waals surface area contributed by atoms with Crippen molar-refractivity contribution in [2.45, 2.75) is 37.9 Å². The highest BCUT2D eigenvalue weighted by atomic mass is 35.5. The number of fused-ring (bicyclic) bond motifs is 1. The number of amides is 1. The van der Waals surface area contributed by atoms with Crippen LogP contribution in [-0.2, 0) is 17.8 Å². The molecule has 1 aromatic carbocycles. The van der Waals surface area contributed by atoms with Gasteiger partial charge in [0.05, 0.1) is 39.7 Å². The molecule has 2 aromatic rings. The monoisotopic (exact) mass is 540 g/mol. The molecule has 8 nitrogen and oxygen atoms in total. The van der Waals surface area contributed by atoms with Gasteiger partial charge in [-0.25, -0.2) is 4.98 Å². The molecular weight excluding hydrogens is 511 g/mol. The highest BCUT2D eigenvalue weighted by molar-refractivity contribution is 6.43. The van der Waals surface area contributed by atoms with E-state index in [0.717, 1.165) is 42.0 Å². The van der Waals surface area contributed by atoms with Gasteiger partial charge in [-0.1, -0.05) is 35.8 Å². The number of carbonyl (C=O) groups excluding carboxylic acids is 1. The van der Waals surface area contributed by atoms with Gasteiger partial charge < -0.3 is 24.8 Å². The second-order valence-corrected chi connectivity index (χ2v) is 10.6. The Balaban J connectivity index is 1.46. The first kappa shape index (κ1) is 25.7. The molecule has 4 heterocycles. The molecule has 3 aliphatic heterocycles. The number of rotatable bonds is 7. The molecule has 5 rings (SSSR count). The number of nitriles is 1. The summed E-state index contributed by atoms with van der Waals surface area (Å²) in [6.45, 7) is 7.41. The lowest BCUT2D eigenvalue weighted by atomic mass is 9.97. The van der Waals surface area contributed by atoms with Crippen LogP contribution < -0.4 is 15.0 Å². The number of carbonyl (C=O) groups is 1. The standard InChI is InChI=1S/C27H30Cl2N6O2/c1-3-24(36)35-13-17(14-35)31-26-19-9-11-34(23-8-4-7-21(28)25(23)29)15-22(19)32-27(20(26)12-30)37-16-18-6-5-10-33(18)2/h3-4,7-8,17-18H,1,5-6,9-11,13-16H2,2H3,(H,31,32). The van der Waals surface area contributed by atoms with Crippen molar-refractivity contribution in [2.75, 3.05) is 50.1 Å². The third kappa shape index (κ3) is 5.08. The fourth-order valence-corrected chi connectivity index (χ4v) is 5.73. The third-order valence-electron chi connectivity index (χ3n) is 7.51. The summed E-state index contributed by atoms with van der Waals surface area (Å²) >= 11 is 12.8. The number of hydrogen-bond acceptors (Lipinski definition) is 7. The summed E-state index contributed by atoms with van der Waals surface area (Å²) in [5.74, 6) is 0.260. The van der Waals surface area contributed by atoms with Crippen molar-refractivity contribution in [2.24, 2.45) is 0 Å². The van der Waals surface area contributed by atoms with E-state index in [1.54, 1.807) is 11.0 Å². The maximum Gasteiger partial charge on any atom is 0.246 e. The fourth-order valence-electron chi connectivity index (χ4n) is 5.31. The Bertz CT molecular complexity index is 1260. The minimum absolute atomic E-state index is 0.0386. The molecule has 2 fully saturated rings. The Morgan fingerprint density at radius 2 is 2.16 bits per heavy atom. The van der Waals surface area contributed by atoms with Gasteiger partial charge in [-0.3, -0.25) is 4.79 Å². The van der Waals surface area contributed by atoms with Gasteiger partial charge in [-0.2, -0.15) is 5.26 Å². The molecule has 1 atom stereocenters. The molecule has 0 saturated carbocycles. The Morgan fingerprint density at radius 3 is 2.86 bits per heavy atom. The highest BCUT2D eigenvalue weighted by Crippen LogP contribution is 2.39. The van der Waals surface area contributed by atoms with Gasteiger partial charge in [-0.05, 0) is 51.1 Å². The summed E-state index contributed by atoms with van der Waals surface area (Å²) in [7, 11) is 2.10. The van der Waals surface area contributed by atoms with Crippen molar-refractivity contribution in [1.29, 1.82) is 5.26 Å². The van der Waals surface area contributed by atoms with Crippen molar-refractivity contribution in [3.63, 3.8) is 0 Å². The topological polar surface area (TPSA) is 84.7 Å². The number of nitrogens with one attached hydrogen (secondary N) is 1. The van der Waals surface area contributed by atoms with Gasteiger partial charge in [0.25, 0.3) is 0 Å². The van der Waals surface area contributed by atoms with Crippen molar-refractivity contribution in [3.8, 4) is 11.9 Å². The molecule has 10 heteroatoms. The first-order valence-electron chi connectivity index (χ1n) is 12.5. The van der Waals surface area contributed by atoms with Gasteiger partial charge in [0.2, 0.25) is 11.8 Å². The van der Waals surface area contributed by atoms with E-state index in [4.69, 9.17) is 32.9 Å². The number of likely N-dealkylation sites (tertiary alicyclic amines) is 2. The van der Waals surface area contributed by atoms with Crippen LogP contribution in [0.4, 0.5) is 11.4 Å². The first-order valence-corrected chi connectivity index (χ1v) is 13.3. The van der Waals surface area contributed by atoms with Gasteiger partial charge in [0.1, 0.15) is 18.2 Å². The SMILES string of the molecule is C=CC(=O)N1CC(Nc2c(C#N)c(OCC3CCCN3C)nc3c2CCN(c2cccc(Cl)c2Cl)C3)C1. The number of aromatic nitrogens is 1. The zero-order valence-electron chi connectivity index (χ0n) is 20.8. The molecule has 37 heavy (non-hydrogen) atoms. The van der Waals surface area contributed by atoms with E-state index in [2.05, 4.69) is 34.8 Å². The Labute approximate surface area is 227 Å². The van der Waals surface area contributed by atoms with Gasteiger partial charge in [0, 0.05) is 31.2 Å². The Morgan fingerprint density at radius 1 is 1.35 bits per heavy atom. The second-order valence-electron chi connectivity index (χ2n) is 9.82. The summed E-state index contributed by atoms with van der Waals surface area (Å²) in [5, 5.41) is 14.7. The van der Waals surface area contributed by atoms with Crippen molar-refractivity contribution in [3.05, 3.63) is 57.7 Å². The minimum atomic E-state index is -0.0888. The first-order chi connectivity index (χ1) is 17.9. The summed E-state index contributed by atoms with van der Waals surface area (Å²) in [6.07, 6.45) is 4.20. The van der Waals surface area contributed by atoms with Crippen LogP contribution in [0.15, 0.2) is 30.9 Å². The summed E-state index contributed by atoms with van der Waals surface area (Å²) in [6, 6.07) is 8.30. The van der Waals surface area contributed by atoms with Crippen molar-refractivity contribution < 1.29 is 9.53 Å². The molecule has 1 amide bonds. The number of hydrogen-bond donors (Lipinski definition) is 1. The molecule has 3 aliphatic rings. The maximum atomic E-state index is 11.9. The molecule has 2 saturated heterocycles. The van der Waals surface area contributed by atoms with E-state index >= 15 is 0 Å². The number of pyridine rings is 1. The fraction of sp³-hybridized carbons (Fsp3) is 0.444. The molecular formula is C27H30Cl2N6O2. The van der Waals surface area contributed by atoms with Gasteiger partial charge >= 0.3 is 0 Å². The Hall–Kier alpha value is -2.99. The second kappa shape index (κ2) is 10.8. The zero-order valence-corrected chi connectivity index (χ0v) is 22.4. The van der Waals surface area contributed by atoms with Crippen LogP contribution in [0.2, 0.25) is 10.0 Å². The lowest BCUT2D eigenvalue weighted by molar-refractivity contribution is -0.129. The van der Waals surface area contributed by atoms with Gasteiger partial charge in [-0.15, -0.1) is 0 Å². The quantitative estimate of drug-likeness (QED) is 0.529. The number of ether oxygens (including phenoxy) is 1. The van der Waals surface area contributed by atoms with Crippen LogP contribution in [0.1, 0.15) is 29.7 Å². The van der Waals surface area contributed by atoms with E-state index in [1.807, 2.05) is 12.1 Å². The zero-order chi connectivity index (χ0) is 26.1. The van der Waals surface area contributed by atoms with Gasteiger partial charge in [0.15, 0.2) is 0 Å².